The number of amides is 2. The van der Waals surface area contributed by atoms with E-state index in [4.69, 9.17) is 13.7 Å². The lowest BCUT2D eigenvalue weighted by Crippen LogP contribution is -2.74. The Balaban J connectivity index is 2.76. The smallest absolute Gasteiger partial charge is 0.410 e. The van der Waals surface area contributed by atoms with E-state index in [1.54, 1.807) is 41.5 Å². The maximum absolute atomic E-state index is 12.0. The molecular weight excluding hydrogens is 352 g/mol. The van der Waals surface area contributed by atoms with Crippen LogP contribution in [0.5, 0.6) is 0 Å². The fourth-order valence-electron chi connectivity index (χ4n) is 2.09. The van der Waals surface area contributed by atoms with Crippen molar-refractivity contribution in [1.82, 2.24) is 10.2 Å². The third-order valence-corrected chi connectivity index (χ3v) is 3.50. The molecule has 0 radical (unpaired) electrons. The number of carbonyl (C=O) groups is 2. The summed E-state index contributed by atoms with van der Waals surface area (Å²) < 4.78 is 37.8. The number of nitrogens with one attached hydrogen (secondary N) is 1. The predicted molar refractivity (Wildman–Crippen MR) is 90.7 cm³/mol. The van der Waals surface area contributed by atoms with Crippen LogP contribution in [0.4, 0.5) is 9.59 Å². The summed E-state index contributed by atoms with van der Waals surface area (Å²) in [6.07, 6.45) is -0.347. The number of rotatable bonds is 4. The molecule has 1 aliphatic rings. The molecule has 1 heterocycles. The van der Waals surface area contributed by atoms with Crippen LogP contribution in [0.3, 0.4) is 0 Å². The molecule has 0 aromatic rings. The van der Waals surface area contributed by atoms with Crippen LogP contribution < -0.4 is 5.32 Å². The van der Waals surface area contributed by atoms with E-state index in [-0.39, 0.29) is 19.7 Å². The van der Waals surface area contributed by atoms with Crippen molar-refractivity contribution >= 4 is 22.3 Å². The third kappa shape index (κ3) is 7.91. The fraction of sp³-hybridized carbons (Fsp3) is 0.867. The maximum atomic E-state index is 12.0. The minimum atomic E-state index is -3.70. The number of hydrogen-bond donors (Lipinski definition) is 1. The van der Waals surface area contributed by atoms with Crippen LogP contribution in [0.1, 0.15) is 41.5 Å². The average Bonchev–Trinajstić information content (AvgIpc) is 2.25. The first-order valence-electron chi connectivity index (χ1n) is 7.84. The van der Waals surface area contributed by atoms with Gasteiger partial charge in [-0.2, -0.15) is 8.42 Å². The van der Waals surface area contributed by atoms with Crippen LogP contribution in [-0.2, 0) is 23.8 Å². The van der Waals surface area contributed by atoms with Gasteiger partial charge in [-0.15, -0.1) is 0 Å². The molecule has 10 heteroatoms. The second-order valence-corrected chi connectivity index (χ2v) is 9.85. The predicted octanol–water partition coefficient (Wildman–Crippen LogP) is 1.48. The number of hydrogen-bond acceptors (Lipinski definition) is 7. The lowest BCUT2D eigenvalue weighted by molar-refractivity contribution is -0.0320. The molecule has 9 nitrogen and oxygen atoms in total. The van der Waals surface area contributed by atoms with Crippen molar-refractivity contribution in [3.05, 3.63) is 0 Å². The van der Waals surface area contributed by atoms with Gasteiger partial charge in [-0.3, -0.25) is 4.18 Å². The van der Waals surface area contributed by atoms with E-state index < -0.39 is 39.0 Å². The topological polar surface area (TPSA) is 111 Å². The molecule has 1 rings (SSSR count). The molecule has 0 bridgehead atoms. The summed E-state index contributed by atoms with van der Waals surface area (Å²) in [5.41, 5.74) is -2.42. The first-order chi connectivity index (χ1) is 11.0. The van der Waals surface area contributed by atoms with Crippen LogP contribution in [-0.4, -0.2) is 68.2 Å². The molecule has 25 heavy (non-hydrogen) atoms. The van der Waals surface area contributed by atoms with Gasteiger partial charge in [0.05, 0.1) is 26.0 Å². The molecule has 1 fully saturated rings. The molecule has 0 spiro atoms. The van der Waals surface area contributed by atoms with Crippen LogP contribution >= 0.6 is 0 Å². The van der Waals surface area contributed by atoms with Gasteiger partial charge in [0.25, 0.3) is 10.1 Å². The number of carbonyl (C=O) groups excluding carboxylic acids is 2. The van der Waals surface area contributed by atoms with Crippen molar-refractivity contribution in [3.63, 3.8) is 0 Å². The zero-order valence-corrected chi connectivity index (χ0v) is 16.7. The largest absolute Gasteiger partial charge is 0.444 e. The molecule has 0 aliphatic carbocycles. The molecule has 0 aromatic heterocycles. The van der Waals surface area contributed by atoms with Crippen LogP contribution in [0.2, 0.25) is 0 Å². The molecule has 146 valence electrons. The van der Waals surface area contributed by atoms with E-state index in [0.29, 0.717) is 0 Å². The summed E-state index contributed by atoms with van der Waals surface area (Å²) in [4.78, 5) is 25.4. The van der Waals surface area contributed by atoms with Crippen molar-refractivity contribution in [1.29, 1.82) is 0 Å². The minimum Gasteiger partial charge on any atom is -0.444 e. The van der Waals surface area contributed by atoms with Gasteiger partial charge in [-0.1, -0.05) is 0 Å². The Kier molecular flexibility index (Phi) is 6.01. The zero-order valence-electron chi connectivity index (χ0n) is 15.8. The van der Waals surface area contributed by atoms with Crippen LogP contribution in [0.25, 0.3) is 0 Å². The Hall–Kier alpha value is -1.55. The first kappa shape index (κ1) is 21.5. The summed E-state index contributed by atoms with van der Waals surface area (Å²) in [5, 5.41) is 2.61. The molecule has 0 saturated carbocycles. The SMILES string of the molecule is CC(C)(C)OC(=O)NC1(COS(C)(=O)=O)CN(C(=O)OC(C)(C)C)C1. The van der Waals surface area contributed by atoms with Gasteiger partial charge >= 0.3 is 12.2 Å². The second-order valence-electron chi connectivity index (χ2n) is 8.21. The Morgan fingerprint density at radius 3 is 1.92 bits per heavy atom. The summed E-state index contributed by atoms with van der Waals surface area (Å²) in [7, 11) is -3.70. The molecule has 1 N–H and O–H groups in total. The Morgan fingerprint density at radius 1 is 1.04 bits per heavy atom. The number of ether oxygens (including phenoxy) is 2. The Morgan fingerprint density at radius 2 is 1.52 bits per heavy atom. The maximum Gasteiger partial charge on any atom is 0.410 e. The number of likely N-dealkylation sites (tertiary alicyclic amines) is 1. The Bertz CT molecular complexity index is 611. The van der Waals surface area contributed by atoms with Gasteiger partial charge in [0.1, 0.15) is 16.7 Å². The summed E-state index contributed by atoms with van der Waals surface area (Å²) in [5.74, 6) is 0. The highest BCUT2D eigenvalue weighted by atomic mass is 32.2. The highest BCUT2D eigenvalue weighted by Crippen LogP contribution is 2.25. The summed E-state index contributed by atoms with van der Waals surface area (Å²) in [6.45, 7) is 10.1. The van der Waals surface area contributed by atoms with E-state index in [9.17, 15) is 18.0 Å². The van der Waals surface area contributed by atoms with E-state index in [0.717, 1.165) is 6.26 Å². The van der Waals surface area contributed by atoms with E-state index in [1.165, 1.54) is 4.90 Å². The third-order valence-electron chi connectivity index (χ3n) is 2.95. The normalized spacial score (nSPS) is 17.5. The molecule has 0 aromatic carbocycles. The number of nitrogens with zero attached hydrogens (tertiary/aromatic N) is 1. The second kappa shape index (κ2) is 6.99. The molecular formula is C15H28N2O7S. The summed E-state index contributed by atoms with van der Waals surface area (Å²) >= 11 is 0. The molecule has 2 amide bonds. The molecule has 1 aliphatic heterocycles. The van der Waals surface area contributed by atoms with Gasteiger partial charge in [0, 0.05) is 0 Å². The lowest BCUT2D eigenvalue weighted by atomic mass is 9.91. The highest BCUT2D eigenvalue weighted by molar-refractivity contribution is 7.85. The van der Waals surface area contributed by atoms with Crippen LogP contribution in [0.15, 0.2) is 0 Å². The van der Waals surface area contributed by atoms with E-state index in [2.05, 4.69) is 5.32 Å². The zero-order chi connectivity index (χ0) is 19.7. The van der Waals surface area contributed by atoms with E-state index >= 15 is 0 Å². The van der Waals surface area contributed by atoms with Crippen molar-refractivity contribution in [3.8, 4) is 0 Å². The van der Waals surface area contributed by atoms with Crippen molar-refractivity contribution in [2.24, 2.45) is 0 Å². The fourth-order valence-corrected chi connectivity index (χ4v) is 2.53. The quantitative estimate of drug-likeness (QED) is 0.735. The van der Waals surface area contributed by atoms with Crippen molar-refractivity contribution in [2.75, 3.05) is 26.0 Å². The lowest BCUT2D eigenvalue weighted by Gasteiger charge is -2.49. The minimum absolute atomic E-state index is 0.0523. The highest BCUT2D eigenvalue weighted by Gasteiger charge is 2.49. The first-order valence-corrected chi connectivity index (χ1v) is 9.65. The molecule has 1 saturated heterocycles. The average molecular weight is 380 g/mol. The summed E-state index contributed by atoms with van der Waals surface area (Å²) in [6, 6.07) is 0. The monoisotopic (exact) mass is 380 g/mol. The Labute approximate surface area is 149 Å². The van der Waals surface area contributed by atoms with E-state index in [1.807, 2.05) is 0 Å². The van der Waals surface area contributed by atoms with Gasteiger partial charge < -0.3 is 19.7 Å². The van der Waals surface area contributed by atoms with Crippen molar-refractivity contribution in [2.45, 2.75) is 58.3 Å². The van der Waals surface area contributed by atoms with Gasteiger partial charge in [0.15, 0.2) is 0 Å². The van der Waals surface area contributed by atoms with Gasteiger partial charge in [0.2, 0.25) is 0 Å². The van der Waals surface area contributed by atoms with Gasteiger partial charge in [-0.05, 0) is 41.5 Å². The standard InChI is InChI=1S/C15H28N2O7S/c1-13(2,3)23-11(18)16-15(10-22-25(7,20)21)8-17(9-15)12(19)24-14(4,5)6/h8-10H2,1-7H3,(H,16,18). The molecule has 0 unspecified atom stereocenters. The van der Waals surface area contributed by atoms with Crippen molar-refractivity contribution < 1.29 is 31.7 Å². The van der Waals surface area contributed by atoms with Crippen LogP contribution in [0, 0.1) is 0 Å². The number of alkyl carbamates (subject to hydrolysis) is 1. The van der Waals surface area contributed by atoms with Gasteiger partial charge in [-0.25, -0.2) is 9.59 Å². The molecule has 0 atom stereocenters.